The molecule has 1 fully saturated rings. The van der Waals surface area contributed by atoms with Crippen molar-refractivity contribution in [3.8, 4) is 0 Å². The number of hydrogen-bond acceptors (Lipinski definition) is 2. The summed E-state index contributed by atoms with van der Waals surface area (Å²) >= 11 is 3.47. The van der Waals surface area contributed by atoms with E-state index >= 15 is 0 Å². The molecule has 0 aliphatic carbocycles. The average molecular weight is 347 g/mol. The van der Waals surface area contributed by atoms with E-state index in [0.29, 0.717) is 5.92 Å². The van der Waals surface area contributed by atoms with Gasteiger partial charge in [-0.25, -0.2) is 0 Å². The van der Waals surface area contributed by atoms with Gasteiger partial charge in [0.15, 0.2) is 0 Å². The minimum atomic E-state index is 0.104. The molecule has 1 aliphatic rings. The average Bonchev–Trinajstić information content (AvgIpc) is 2.51. The molecule has 0 saturated carbocycles. The summed E-state index contributed by atoms with van der Waals surface area (Å²) < 4.78 is 2.95. The fourth-order valence-electron chi connectivity index (χ4n) is 2.92. The van der Waals surface area contributed by atoms with Crippen LogP contribution in [0.1, 0.15) is 12.8 Å². The van der Waals surface area contributed by atoms with E-state index in [1.54, 1.807) is 12.1 Å². The molecule has 110 valence electrons. The first-order valence-corrected chi connectivity index (χ1v) is 8.17. The molecule has 2 heterocycles. The van der Waals surface area contributed by atoms with Crippen LogP contribution >= 0.6 is 15.9 Å². The standard InChI is InChI=1S/C17H19BrN2O/c18-15-4-6-16(7-5-15)19-11-8-14(9-12-19)13-20-10-2-1-3-17(20)21/h1-7,10,14H,8-9,11-13H2. The number of aromatic nitrogens is 1. The Morgan fingerprint density at radius 2 is 1.76 bits per heavy atom. The molecule has 1 aromatic heterocycles. The molecule has 1 saturated heterocycles. The third-order valence-electron chi connectivity index (χ3n) is 4.16. The lowest BCUT2D eigenvalue weighted by atomic mass is 9.96. The van der Waals surface area contributed by atoms with Crippen LogP contribution in [0.2, 0.25) is 0 Å². The number of hydrogen-bond donors (Lipinski definition) is 0. The monoisotopic (exact) mass is 346 g/mol. The largest absolute Gasteiger partial charge is 0.372 e. The van der Waals surface area contributed by atoms with E-state index in [4.69, 9.17) is 0 Å². The maximum Gasteiger partial charge on any atom is 0.250 e. The highest BCUT2D eigenvalue weighted by Crippen LogP contribution is 2.25. The Hall–Kier alpha value is -1.55. The van der Waals surface area contributed by atoms with Crippen molar-refractivity contribution >= 4 is 21.6 Å². The summed E-state index contributed by atoms with van der Waals surface area (Å²) in [7, 11) is 0. The summed E-state index contributed by atoms with van der Waals surface area (Å²) in [5.74, 6) is 0.594. The van der Waals surface area contributed by atoms with Crippen LogP contribution < -0.4 is 10.5 Å². The first-order chi connectivity index (χ1) is 10.2. The predicted octanol–water partition coefficient (Wildman–Crippen LogP) is 3.53. The van der Waals surface area contributed by atoms with Crippen molar-refractivity contribution in [2.75, 3.05) is 18.0 Å². The molecule has 3 rings (SSSR count). The molecule has 0 bridgehead atoms. The van der Waals surface area contributed by atoms with Gasteiger partial charge in [0.25, 0.3) is 5.56 Å². The lowest BCUT2D eigenvalue weighted by molar-refractivity contribution is 0.353. The smallest absolute Gasteiger partial charge is 0.250 e. The Morgan fingerprint density at radius 1 is 1.05 bits per heavy atom. The lowest BCUT2D eigenvalue weighted by Crippen LogP contribution is -2.36. The molecular formula is C17H19BrN2O. The number of nitrogens with zero attached hydrogens (tertiary/aromatic N) is 2. The van der Waals surface area contributed by atoms with Crippen molar-refractivity contribution in [3.63, 3.8) is 0 Å². The second-order valence-electron chi connectivity index (χ2n) is 5.60. The zero-order chi connectivity index (χ0) is 14.7. The van der Waals surface area contributed by atoms with Gasteiger partial charge in [-0.1, -0.05) is 22.0 Å². The van der Waals surface area contributed by atoms with Crippen LogP contribution in [0.25, 0.3) is 0 Å². The van der Waals surface area contributed by atoms with Crippen molar-refractivity contribution in [2.24, 2.45) is 5.92 Å². The normalized spacial score (nSPS) is 16.1. The van der Waals surface area contributed by atoms with E-state index in [1.165, 1.54) is 5.69 Å². The van der Waals surface area contributed by atoms with Crippen molar-refractivity contribution in [1.29, 1.82) is 0 Å². The first kappa shape index (κ1) is 14.4. The van der Waals surface area contributed by atoms with E-state index in [1.807, 2.05) is 16.8 Å². The van der Waals surface area contributed by atoms with Crippen molar-refractivity contribution in [3.05, 3.63) is 63.5 Å². The van der Waals surface area contributed by atoms with Gasteiger partial charge in [0.1, 0.15) is 0 Å². The number of piperidine rings is 1. The van der Waals surface area contributed by atoms with Crippen LogP contribution in [0.4, 0.5) is 5.69 Å². The minimum Gasteiger partial charge on any atom is -0.372 e. The molecule has 0 N–H and O–H groups in total. The summed E-state index contributed by atoms with van der Waals surface area (Å²) in [6.45, 7) is 2.97. The van der Waals surface area contributed by atoms with Crippen molar-refractivity contribution < 1.29 is 0 Å². The van der Waals surface area contributed by atoms with Gasteiger partial charge >= 0.3 is 0 Å². The maximum atomic E-state index is 11.8. The van der Waals surface area contributed by atoms with E-state index in [9.17, 15) is 4.79 Å². The van der Waals surface area contributed by atoms with Gasteiger partial charge in [0.2, 0.25) is 0 Å². The highest BCUT2D eigenvalue weighted by atomic mass is 79.9. The molecule has 1 aliphatic heterocycles. The number of benzene rings is 1. The number of pyridine rings is 1. The molecule has 0 spiro atoms. The molecule has 2 aromatic rings. The molecular weight excluding hydrogens is 328 g/mol. The van der Waals surface area contributed by atoms with Gasteiger partial charge in [0.05, 0.1) is 0 Å². The second-order valence-corrected chi connectivity index (χ2v) is 6.51. The first-order valence-electron chi connectivity index (χ1n) is 7.38. The zero-order valence-electron chi connectivity index (χ0n) is 11.9. The van der Waals surface area contributed by atoms with Crippen LogP contribution in [-0.4, -0.2) is 17.7 Å². The van der Waals surface area contributed by atoms with Gasteiger partial charge in [-0.3, -0.25) is 4.79 Å². The molecule has 0 unspecified atom stereocenters. The van der Waals surface area contributed by atoms with Gasteiger partial charge in [-0.15, -0.1) is 0 Å². The lowest BCUT2D eigenvalue weighted by Gasteiger charge is -2.33. The van der Waals surface area contributed by atoms with Crippen LogP contribution in [0.3, 0.4) is 0 Å². The summed E-state index contributed by atoms with van der Waals surface area (Å²) in [6.07, 6.45) is 4.16. The molecule has 3 nitrogen and oxygen atoms in total. The van der Waals surface area contributed by atoms with Crippen LogP contribution in [0.15, 0.2) is 57.9 Å². The van der Waals surface area contributed by atoms with Crippen LogP contribution in [-0.2, 0) is 6.54 Å². The molecule has 21 heavy (non-hydrogen) atoms. The summed E-state index contributed by atoms with van der Waals surface area (Å²) in [5, 5.41) is 0. The Bertz CT molecular complexity index is 642. The Morgan fingerprint density at radius 3 is 2.43 bits per heavy atom. The molecule has 1 aromatic carbocycles. The summed E-state index contributed by atoms with van der Waals surface area (Å²) in [6, 6.07) is 13.9. The highest BCUT2D eigenvalue weighted by molar-refractivity contribution is 9.10. The predicted molar refractivity (Wildman–Crippen MR) is 89.8 cm³/mol. The molecule has 0 atom stereocenters. The molecule has 0 amide bonds. The SMILES string of the molecule is O=c1ccccn1CC1CCN(c2ccc(Br)cc2)CC1. The van der Waals surface area contributed by atoms with Crippen LogP contribution in [0, 0.1) is 5.92 Å². The number of rotatable bonds is 3. The maximum absolute atomic E-state index is 11.8. The number of halogens is 1. The third kappa shape index (κ3) is 3.56. The Balaban J connectivity index is 1.59. The van der Waals surface area contributed by atoms with E-state index in [0.717, 1.165) is 36.9 Å². The van der Waals surface area contributed by atoms with Gasteiger partial charge in [0, 0.05) is 42.1 Å². The summed E-state index contributed by atoms with van der Waals surface area (Å²) in [5.41, 5.74) is 1.39. The van der Waals surface area contributed by atoms with E-state index in [2.05, 4.69) is 45.1 Å². The van der Waals surface area contributed by atoms with Gasteiger partial charge in [-0.05, 0) is 49.1 Å². The van der Waals surface area contributed by atoms with Gasteiger partial charge in [-0.2, -0.15) is 0 Å². The Kier molecular flexibility index (Phi) is 4.44. The molecule has 4 heteroatoms. The topological polar surface area (TPSA) is 25.2 Å². The number of anilines is 1. The highest BCUT2D eigenvalue weighted by Gasteiger charge is 2.19. The molecule has 0 radical (unpaired) electrons. The second kappa shape index (κ2) is 6.48. The quantitative estimate of drug-likeness (QED) is 0.849. The van der Waals surface area contributed by atoms with Gasteiger partial charge < -0.3 is 9.47 Å². The fraction of sp³-hybridized carbons (Fsp3) is 0.353. The minimum absolute atomic E-state index is 0.104. The fourth-order valence-corrected chi connectivity index (χ4v) is 3.18. The summed E-state index contributed by atoms with van der Waals surface area (Å²) in [4.78, 5) is 14.2. The third-order valence-corrected chi connectivity index (χ3v) is 4.69. The Labute approximate surface area is 133 Å². The van der Waals surface area contributed by atoms with Crippen molar-refractivity contribution in [1.82, 2.24) is 4.57 Å². The van der Waals surface area contributed by atoms with Crippen LogP contribution in [0.5, 0.6) is 0 Å². The zero-order valence-corrected chi connectivity index (χ0v) is 13.5. The van der Waals surface area contributed by atoms with Crippen molar-refractivity contribution in [2.45, 2.75) is 19.4 Å². The van der Waals surface area contributed by atoms with E-state index < -0.39 is 0 Å². The van der Waals surface area contributed by atoms with E-state index in [-0.39, 0.29) is 5.56 Å².